The van der Waals surface area contributed by atoms with E-state index in [1.807, 2.05) is 25.1 Å². The third-order valence-electron chi connectivity index (χ3n) is 2.41. The lowest BCUT2D eigenvalue weighted by Gasteiger charge is -2.11. The molecule has 0 fully saturated rings. The quantitative estimate of drug-likeness (QED) is 0.609. The predicted octanol–water partition coefficient (Wildman–Crippen LogP) is 3.20. The summed E-state index contributed by atoms with van der Waals surface area (Å²) >= 11 is 5.01. The molecule has 88 valence electrons. The van der Waals surface area contributed by atoms with Gasteiger partial charge in [0, 0.05) is 0 Å². The molecule has 0 aliphatic rings. The number of benzene rings is 1. The third kappa shape index (κ3) is 3.81. The maximum atomic E-state index is 5.69. The second kappa shape index (κ2) is 6.48. The number of unbranched alkanes of at least 4 members (excludes halogenated alkanes) is 2. The highest BCUT2D eigenvalue weighted by Gasteiger charge is 2.06. The van der Waals surface area contributed by atoms with Gasteiger partial charge in [-0.2, -0.15) is 0 Å². The van der Waals surface area contributed by atoms with Gasteiger partial charge in [-0.25, -0.2) is 0 Å². The number of ether oxygens (including phenoxy) is 1. The number of nitrogens with two attached hydrogens (primary N) is 1. The van der Waals surface area contributed by atoms with Gasteiger partial charge in [0.25, 0.3) is 0 Å². The summed E-state index contributed by atoms with van der Waals surface area (Å²) in [6.45, 7) is 4.92. The van der Waals surface area contributed by atoms with Gasteiger partial charge in [0.05, 0.1) is 12.2 Å². The van der Waals surface area contributed by atoms with Crippen molar-refractivity contribution in [1.29, 1.82) is 0 Å². The van der Waals surface area contributed by atoms with Crippen LogP contribution in [0.5, 0.6) is 5.75 Å². The molecule has 1 aromatic carbocycles. The molecule has 0 aromatic heterocycles. The van der Waals surface area contributed by atoms with Crippen molar-refractivity contribution in [3.8, 4) is 5.75 Å². The van der Waals surface area contributed by atoms with Gasteiger partial charge in [-0.15, -0.1) is 0 Å². The maximum absolute atomic E-state index is 5.69. The normalized spacial score (nSPS) is 10.1. The van der Waals surface area contributed by atoms with E-state index in [9.17, 15) is 0 Å². The van der Waals surface area contributed by atoms with Crippen LogP contribution in [0.2, 0.25) is 0 Å². The van der Waals surface area contributed by atoms with Gasteiger partial charge in [-0.1, -0.05) is 43.6 Å². The summed E-state index contributed by atoms with van der Waals surface area (Å²) < 4.78 is 5.69. The smallest absolute Gasteiger partial charge is 0.129 e. The first-order valence-corrected chi connectivity index (χ1v) is 6.09. The Morgan fingerprint density at radius 2 is 2.12 bits per heavy atom. The number of thiocarbonyl (C=S) groups is 1. The van der Waals surface area contributed by atoms with Crippen LogP contribution in [0.4, 0.5) is 0 Å². The molecule has 2 N–H and O–H groups in total. The summed E-state index contributed by atoms with van der Waals surface area (Å²) in [4.78, 5) is 0.397. The summed E-state index contributed by atoms with van der Waals surface area (Å²) in [5.74, 6) is 0.800. The van der Waals surface area contributed by atoms with Crippen LogP contribution in [0.15, 0.2) is 18.2 Å². The second-order valence-corrected chi connectivity index (χ2v) is 4.36. The van der Waals surface area contributed by atoms with Gasteiger partial charge in [0.15, 0.2) is 0 Å². The minimum Gasteiger partial charge on any atom is -0.493 e. The number of hydrogen-bond acceptors (Lipinski definition) is 2. The maximum Gasteiger partial charge on any atom is 0.129 e. The topological polar surface area (TPSA) is 35.2 Å². The third-order valence-corrected chi connectivity index (χ3v) is 2.63. The fourth-order valence-corrected chi connectivity index (χ4v) is 1.66. The summed E-state index contributed by atoms with van der Waals surface area (Å²) in [6, 6.07) is 5.92. The van der Waals surface area contributed by atoms with Gasteiger partial charge in [-0.3, -0.25) is 0 Å². The Morgan fingerprint density at radius 3 is 2.75 bits per heavy atom. The van der Waals surface area contributed by atoms with Gasteiger partial charge < -0.3 is 10.5 Å². The van der Waals surface area contributed by atoms with E-state index in [1.165, 1.54) is 12.8 Å². The van der Waals surface area contributed by atoms with Gasteiger partial charge >= 0.3 is 0 Å². The van der Waals surface area contributed by atoms with Crippen LogP contribution in [0.3, 0.4) is 0 Å². The van der Waals surface area contributed by atoms with Crippen molar-refractivity contribution in [2.75, 3.05) is 6.61 Å². The van der Waals surface area contributed by atoms with Crippen LogP contribution in [0.25, 0.3) is 0 Å². The second-order valence-electron chi connectivity index (χ2n) is 3.92. The molecule has 0 amide bonds. The lowest BCUT2D eigenvalue weighted by atomic mass is 10.1. The molecular formula is C13H19NOS. The standard InChI is InChI=1S/C13H19NOS/c1-3-4-5-8-15-12-7-6-10(2)9-11(12)13(14)16/h6-7,9H,3-5,8H2,1-2H3,(H2,14,16). The fourth-order valence-electron chi connectivity index (χ4n) is 1.50. The van der Waals surface area contributed by atoms with Crippen molar-refractivity contribution >= 4 is 17.2 Å². The Kier molecular flexibility index (Phi) is 5.26. The molecule has 1 rings (SSSR count). The molecule has 0 bridgehead atoms. The first kappa shape index (κ1) is 13.0. The van der Waals surface area contributed by atoms with E-state index in [2.05, 4.69) is 6.92 Å². The van der Waals surface area contributed by atoms with Crippen LogP contribution >= 0.6 is 12.2 Å². The zero-order valence-electron chi connectivity index (χ0n) is 9.95. The molecule has 0 aliphatic carbocycles. The van der Waals surface area contributed by atoms with Gasteiger partial charge in [-0.05, 0) is 25.5 Å². The first-order chi connectivity index (χ1) is 7.65. The van der Waals surface area contributed by atoms with Crippen molar-refractivity contribution in [2.24, 2.45) is 5.73 Å². The largest absolute Gasteiger partial charge is 0.493 e. The molecule has 0 heterocycles. The molecule has 2 nitrogen and oxygen atoms in total. The van der Waals surface area contributed by atoms with Crippen molar-refractivity contribution in [1.82, 2.24) is 0 Å². The molecule has 0 aliphatic heterocycles. The van der Waals surface area contributed by atoms with E-state index in [1.54, 1.807) is 0 Å². The van der Waals surface area contributed by atoms with E-state index in [0.717, 1.165) is 29.9 Å². The molecule has 0 spiro atoms. The highest BCUT2D eigenvalue weighted by molar-refractivity contribution is 7.80. The van der Waals surface area contributed by atoms with E-state index < -0.39 is 0 Å². The van der Waals surface area contributed by atoms with Crippen molar-refractivity contribution in [2.45, 2.75) is 33.1 Å². The highest BCUT2D eigenvalue weighted by atomic mass is 32.1. The van der Waals surface area contributed by atoms with Crippen LogP contribution in [0.1, 0.15) is 37.3 Å². The monoisotopic (exact) mass is 237 g/mol. The van der Waals surface area contributed by atoms with Crippen LogP contribution in [-0.4, -0.2) is 11.6 Å². The molecule has 0 atom stereocenters. The fraction of sp³-hybridized carbons (Fsp3) is 0.462. The van der Waals surface area contributed by atoms with Crippen molar-refractivity contribution in [3.63, 3.8) is 0 Å². The van der Waals surface area contributed by atoms with Crippen LogP contribution in [-0.2, 0) is 0 Å². The zero-order valence-corrected chi connectivity index (χ0v) is 10.8. The Bertz CT molecular complexity index is 363. The minimum absolute atomic E-state index is 0.397. The van der Waals surface area contributed by atoms with Crippen molar-refractivity contribution in [3.05, 3.63) is 29.3 Å². The average Bonchev–Trinajstić information content (AvgIpc) is 2.26. The van der Waals surface area contributed by atoms with Gasteiger partial charge in [0.1, 0.15) is 10.7 Å². The average molecular weight is 237 g/mol. The van der Waals surface area contributed by atoms with E-state index in [0.29, 0.717) is 4.99 Å². The molecule has 0 unspecified atom stereocenters. The van der Waals surface area contributed by atoms with Crippen LogP contribution < -0.4 is 10.5 Å². The predicted molar refractivity (Wildman–Crippen MR) is 72.1 cm³/mol. The Balaban J connectivity index is 2.67. The molecule has 1 aromatic rings. The van der Waals surface area contributed by atoms with Crippen molar-refractivity contribution < 1.29 is 4.74 Å². The zero-order chi connectivity index (χ0) is 12.0. The highest BCUT2D eigenvalue weighted by Crippen LogP contribution is 2.20. The molecule has 0 radical (unpaired) electrons. The lowest BCUT2D eigenvalue weighted by Crippen LogP contribution is -2.12. The summed E-state index contributed by atoms with van der Waals surface area (Å²) in [5.41, 5.74) is 7.65. The Labute approximate surface area is 103 Å². The first-order valence-electron chi connectivity index (χ1n) is 5.68. The summed E-state index contributed by atoms with van der Waals surface area (Å²) in [6.07, 6.45) is 3.45. The number of rotatable bonds is 6. The van der Waals surface area contributed by atoms with E-state index in [-0.39, 0.29) is 0 Å². The van der Waals surface area contributed by atoms with E-state index >= 15 is 0 Å². The van der Waals surface area contributed by atoms with E-state index in [4.69, 9.17) is 22.7 Å². The van der Waals surface area contributed by atoms with Crippen LogP contribution in [0, 0.1) is 6.92 Å². The molecule has 16 heavy (non-hydrogen) atoms. The summed E-state index contributed by atoms with van der Waals surface area (Å²) in [5, 5.41) is 0. The lowest BCUT2D eigenvalue weighted by molar-refractivity contribution is 0.306. The molecule has 0 saturated heterocycles. The minimum atomic E-state index is 0.397. The Morgan fingerprint density at radius 1 is 1.38 bits per heavy atom. The number of aryl methyl sites for hydroxylation is 1. The Hall–Kier alpha value is -1.09. The van der Waals surface area contributed by atoms with Gasteiger partial charge in [0.2, 0.25) is 0 Å². The number of hydrogen-bond donors (Lipinski definition) is 1. The molecule has 3 heteroatoms. The molecule has 0 saturated carbocycles. The SMILES string of the molecule is CCCCCOc1ccc(C)cc1C(N)=S. The molecular weight excluding hydrogens is 218 g/mol. The summed E-state index contributed by atoms with van der Waals surface area (Å²) in [7, 11) is 0.